The molecular formula is C15H13Br. The van der Waals surface area contributed by atoms with E-state index in [-0.39, 0.29) is 0 Å². The van der Waals surface area contributed by atoms with Crippen LogP contribution in [0.4, 0.5) is 0 Å². The summed E-state index contributed by atoms with van der Waals surface area (Å²) >= 11 is 3.67. The molecular weight excluding hydrogens is 260 g/mol. The molecule has 0 spiro atoms. The van der Waals surface area contributed by atoms with E-state index in [2.05, 4.69) is 58.4 Å². The minimum Gasteiger partial charge on any atom is -0.0620 e. The van der Waals surface area contributed by atoms with Gasteiger partial charge in [-0.15, -0.1) is 0 Å². The summed E-state index contributed by atoms with van der Waals surface area (Å²) in [6.07, 6.45) is 3.61. The molecule has 0 N–H and O–H groups in total. The second-order valence-corrected chi connectivity index (χ2v) is 5.13. The summed E-state index contributed by atoms with van der Waals surface area (Å²) in [5.74, 6) is 0. The van der Waals surface area contributed by atoms with E-state index < -0.39 is 0 Å². The predicted octanol–water partition coefficient (Wildman–Crippen LogP) is 4.60. The zero-order valence-electron chi connectivity index (χ0n) is 9.04. The maximum Gasteiger partial charge on any atom is 0.0213 e. The van der Waals surface area contributed by atoms with Crippen LogP contribution in [0.25, 0.3) is 11.1 Å². The first kappa shape index (κ1) is 10.1. The average molecular weight is 273 g/mol. The van der Waals surface area contributed by atoms with Crippen molar-refractivity contribution in [2.45, 2.75) is 19.3 Å². The van der Waals surface area contributed by atoms with Crippen LogP contribution in [0.3, 0.4) is 0 Å². The largest absolute Gasteiger partial charge is 0.0620 e. The second kappa shape index (κ2) is 4.06. The van der Waals surface area contributed by atoms with Crippen molar-refractivity contribution < 1.29 is 0 Å². The monoisotopic (exact) mass is 272 g/mol. The average Bonchev–Trinajstić information content (AvgIpc) is 2.50. The Hall–Kier alpha value is -1.08. The second-order valence-electron chi connectivity index (χ2n) is 4.28. The highest BCUT2D eigenvalue weighted by Gasteiger charge is 2.15. The molecule has 0 nitrogen and oxygen atoms in total. The molecule has 0 saturated carbocycles. The van der Waals surface area contributed by atoms with Crippen molar-refractivity contribution in [3.05, 3.63) is 58.1 Å². The summed E-state index contributed by atoms with van der Waals surface area (Å²) < 4.78 is 1.25. The fourth-order valence-corrected chi connectivity index (χ4v) is 3.09. The Morgan fingerprint density at radius 2 is 1.62 bits per heavy atom. The number of fused-ring (bicyclic) bond motifs is 3. The van der Waals surface area contributed by atoms with Gasteiger partial charge in [0.15, 0.2) is 0 Å². The molecule has 1 aliphatic carbocycles. The third-order valence-corrected chi connectivity index (χ3v) is 4.04. The van der Waals surface area contributed by atoms with Crippen LogP contribution in [-0.2, 0) is 12.8 Å². The Balaban J connectivity index is 2.30. The summed E-state index contributed by atoms with van der Waals surface area (Å²) in [5.41, 5.74) is 5.77. The maximum absolute atomic E-state index is 3.67. The zero-order valence-corrected chi connectivity index (χ0v) is 10.6. The first-order valence-electron chi connectivity index (χ1n) is 5.72. The Morgan fingerprint density at radius 3 is 2.56 bits per heavy atom. The number of hydrogen-bond donors (Lipinski definition) is 0. The number of benzene rings is 2. The van der Waals surface area contributed by atoms with Gasteiger partial charge in [-0.05, 0) is 47.6 Å². The van der Waals surface area contributed by atoms with Crippen LogP contribution >= 0.6 is 15.9 Å². The molecule has 1 aliphatic rings. The van der Waals surface area contributed by atoms with E-state index in [1.54, 1.807) is 0 Å². The van der Waals surface area contributed by atoms with Crippen LogP contribution < -0.4 is 0 Å². The standard InChI is InChI=1S/C15H13Br/c16-15-10-4-8-13-12-7-2-1-5-11(12)6-3-9-14(13)15/h1-2,4-5,7-8,10H,3,6,9H2. The molecule has 0 amide bonds. The van der Waals surface area contributed by atoms with Crippen molar-refractivity contribution >= 4 is 15.9 Å². The molecule has 3 rings (SSSR count). The van der Waals surface area contributed by atoms with Crippen molar-refractivity contribution in [2.24, 2.45) is 0 Å². The molecule has 0 atom stereocenters. The van der Waals surface area contributed by atoms with Gasteiger partial charge in [-0.1, -0.05) is 52.3 Å². The summed E-state index contributed by atoms with van der Waals surface area (Å²) in [5, 5.41) is 0. The van der Waals surface area contributed by atoms with Crippen molar-refractivity contribution in [3.8, 4) is 11.1 Å². The van der Waals surface area contributed by atoms with Crippen LogP contribution in [0.2, 0.25) is 0 Å². The van der Waals surface area contributed by atoms with E-state index in [1.807, 2.05) is 0 Å². The Morgan fingerprint density at radius 1 is 0.812 bits per heavy atom. The molecule has 2 aromatic rings. The number of halogens is 1. The van der Waals surface area contributed by atoms with Gasteiger partial charge >= 0.3 is 0 Å². The minimum absolute atomic E-state index is 1.17. The quantitative estimate of drug-likeness (QED) is 0.657. The fourth-order valence-electron chi connectivity index (χ4n) is 2.52. The third-order valence-electron chi connectivity index (χ3n) is 3.30. The van der Waals surface area contributed by atoms with Gasteiger partial charge in [-0.25, -0.2) is 0 Å². The van der Waals surface area contributed by atoms with E-state index in [9.17, 15) is 0 Å². The van der Waals surface area contributed by atoms with Crippen LogP contribution in [0.5, 0.6) is 0 Å². The Kier molecular flexibility index (Phi) is 2.56. The minimum atomic E-state index is 1.17. The predicted molar refractivity (Wildman–Crippen MR) is 71.6 cm³/mol. The van der Waals surface area contributed by atoms with Gasteiger partial charge in [0.1, 0.15) is 0 Å². The first-order chi connectivity index (χ1) is 7.86. The fraction of sp³-hybridized carbons (Fsp3) is 0.200. The molecule has 0 aromatic heterocycles. The van der Waals surface area contributed by atoms with Gasteiger partial charge in [0.25, 0.3) is 0 Å². The molecule has 0 aliphatic heterocycles. The Bertz CT molecular complexity index is 529. The van der Waals surface area contributed by atoms with Crippen molar-refractivity contribution in [1.29, 1.82) is 0 Å². The molecule has 2 aromatic carbocycles. The number of rotatable bonds is 0. The first-order valence-corrected chi connectivity index (χ1v) is 6.51. The van der Waals surface area contributed by atoms with Crippen LogP contribution in [0.1, 0.15) is 17.5 Å². The summed E-state index contributed by atoms with van der Waals surface area (Å²) in [6, 6.07) is 15.3. The lowest BCUT2D eigenvalue weighted by molar-refractivity contribution is 0.832. The molecule has 0 saturated heterocycles. The lowest BCUT2D eigenvalue weighted by atomic mass is 9.97. The van der Waals surface area contributed by atoms with Gasteiger partial charge in [0, 0.05) is 4.47 Å². The molecule has 16 heavy (non-hydrogen) atoms. The number of aryl methyl sites for hydroxylation is 1. The molecule has 0 heterocycles. The highest BCUT2D eigenvalue weighted by Crippen LogP contribution is 2.35. The van der Waals surface area contributed by atoms with Crippen LogP contribution in [0, 0.1) is 0 Å². The topological polar surface area (TPSA) is 0 Å². The molecule has 0 unspecified atom stereocenters. The summed E-state index contributed by atoms with van der Waals surface area (Å²) in [7, 11) is 0. The molecule has 0 bridgehead atoms. The highest BCUT2D eigenvalue weighted by molar-refractivity contribution is 9.10. The zero-order chi connectivity index (χ0) is 11.0. The van der Waals surface area contributed by atoms with Gasteiger partial charge in [-0.2, -0.15) is 0 Å². The summed E-state index contributed by atoms with van der Waals surface area (Å²) in [4.78, 5) is 0. The Labute approximate surface area is 104 Å². The lowest BCUT2D eigenvalue weighted by Crippen LogP contribution is -1.88. The van der Waals surface area contributed by atoms with Crippen LogP contribution in [-0.4, -0.2) is 0 Å². The highest BCUT2D eigenvalue weighted by atomic mass is 79.9. The molecule has 1 heteroatoms. The molecule has 0 fully saturated rings. The summed E-state index contributed by atoms with van der Waals surface area (Å²) in [6.45, 7) is 0. The van der Waals surface area contributed by atoms with Crippen molar-refractivity contribution in [1.82, 2.24) is 0 Å². The van der Waals surface area contributed by atoms with Gasteiger partial charge in [0.2, 0.25) is 0 Å². The van der Waals surface area contributed by atoms with E-state index >= 15 is 0 Å². The van der Waals surface area contributed by atoms with Gasteiger partial charge < -0.3 is 0 Å². The van der Waals surface area contributed by atoms with Crippen molar-refractivity contribution in [2.75, 3.05) is 0 Å². The molecule has 80 valence electrons. The van der Waals surface area contributed by atoms with E-state index in [1.165, 1.54) is 46.0 Å². The van der Waals surface area contributed by atoms with Gasteiger partial charge in [0.05, 0.1) is 0 Å². The van der Waals surface area contributed by atoms with Crippen LogP contribution in [0.15, 0.2) is 46.9 Å². The van der Waals surface area contributed by atoms with Gasteiger partial charge in [-0.3, -0.25) is 0 Å². The normalized spacial score (nSPS) is 13.8. The smallest absolute Gasteiger partial charge is 0.0213 e. The maximum atomic E-state index is 3.67. The van der Waals surface area contributed by atoms with E-state index in [4.69, 9.17) is 0 Å². The van der Waals surface area contributed by atoms with Crippen molar-refractivity contribution in [3.63, 3.8) is 0 Å². The SMILES string of the molecule is Brc1cccc2c1CCCc1ccccc1-2. The number of hydrogen-bond acceptors (Lipinski definition) is 0. The molecule has 0 radical (unpaired) electrons. The lowest BCUT2D eigenvalue weighted by Gasteiger charge is -2.10. The van der Waals surface area contributed by atoms with E-state index in [0.29, 0.717) is 0 Å². The third kappa shape index (κ3) is 1.60. The van der Waals surface area contributed by atoms with E-state index in [0.717, 1.165) is 0 Å².